The zero-order chi connectivity index (χ0) is 23.3. The van der Waals surface area contributed by atoms with E-state index >= 15 is 0 Å². The molecule has 6 rings (SSSR count). The van der Waals surface area contributed by atoms with Crippen LogP contribution in [-0.2, 0) is 17.8 Å². The highest BCUT2D eigenvalue weighted by Gasteiger charge is 2.59. The SMILES string of the molecule is CC1=NN(c2ccccc2)C(=O)[C@]12Cc1cc(Br)ccc1N1CCN(Cc3ccccc3)C[C@H]12. The number of piperazine rings is 1. The van der Waals surface area contributed by atoms with Crippen LogP contribution in [0.15, 0.2) is 88.4 Å². The molecular formula is C28H27BrN4O. The average Bonchev–Trinajstić information content (AvgIpc) is 3.11. The van der Waals surface area contributed by atoms with Crippen molar-refractivity contribution in [2.75, 3.05) is 29.5 Å². The van der Waals surface area contributed by atoms with Crippen LogP contribution in [0.5, 0.6) is 0 Å². The molecule has 3 aromatic rings. The van der Waals surface area contributed by atoms with Gasteiger partial charge in [-0.1, -0.05) is 64.5 Å². The molecule has 2 atom stereocenters. The van der Waals surface area contributed by atoms with Crippen LogP contribution in [0.2, 0.25) is 0 Å². The molecule has 0 saturated carbocycles. The molecule has 6 heteroatoms. The highest BCUT2D eigenvalue weighted by molar-refractivity contribution is 9.10. The van der Waals surface area contributed by atoms with Gasteiger partial charge in [-0.3, -0.25) is 9.69 Å². The van der Waals surface area contributed by atoms with E-state index in [1.54, 1.807) is 5.01 Å². The lowest BCUT2D eigenvalue weighted by Gasteiger charge is -2.53. The van der Waals surface area contributed by atoms with E-state index < -0.39 is 5.41 Å². The molecule has 0 aliphatic carbocycles. The third kappa shape index (κ3) is 3.39. The van der Waals surface area contributed by atoms with Crippen molar-refractivity contribution < 1.29 is 4.79 Å². The number of rotatable bonds is 3. The zero-order valence-electron chi connectivity index (χ0n) is 19.2. The molecule has 0 radical (unpaired) electrons. The van der Waals surface area contributed by atoms with Gasteiger partial charge in [0.1, 0.15) is 5.41 Å². The molecule has 0 aromatic heterocycles. The highest BCUT2D eigenvalue weighted by Crippen LogP contribution is 2.48. The number of carbonyl (C=O) groups is 1. The molecule has 0 bridgehead atoms. The fraction of sp³-hybridized carbons (Fsp3) is 0.286. The largest absolute Gasteiger partial charge is 0.364 e. The monoisotopic (exact) mass is 514 g/mol. The van der Waals surface area contributed by atoms with E-state index in [1.165, 1.54) is 16.8 Å². The van der Waals surface area contributed by atoms with Crippen molar-refractivity contribution in [3.8, 4) is 0 Å². The maximum atomic E-state index is 14.3. The maximum absolute atomic E-state index is 14.3. The van der Waals surface area contributed by atoms with E-state index in [0.29, 0.717) is 6.42 Å². The number of hydrogen-bond acceptors (Lipinski definition) is 4. The molecule has 3 aliphatic rings. The summed E-state index contributed by atoms with van der Waals surface area (Å²) in [4.78, 5) is 19.2. The van der Waals surface area contributed by atoms with Crippen LogP contribution in [-0.4, -0.2) is 42.2 Å². The van der Waals surface area contributed by atoms with E-state index in [1.807, 2.05) is 37.3 Å². The smallest absolute Gasteiger partial charge is 0.261 e. The number of nitrogens with zero attached hydrogens (tertiary/aromatic N) is 4. The topological polar surface area (TPSA) is 39.2 Å². The number of fused-ring (bicyclic) bond motifs is 4. The molecule has 1 saturated heterocycles. The Morgan fingerprint density at radius 2 is 1.74 bits per heavy atom. The van der Waals surface area contributed by atoms with E-state index in [0.717, 1.165) is 42.1 Å². The Balaban J connectivity index is 1.41. The number of amides is 1. The first-order valence-corrected chi connectivity index (χ1v) is 12.6. The number of hydrogen-bond donors (Lipinski definition) is 0. The minimum atomic E-state index is -0.682. The van der Waals surface area contributed by atoms with E-state index in [2.05, 4.69) is 74.3 Å². The Kier molecular flexibility index (Phi) is 5.30. The van der Waals surface area contributed by atoms with Crippen LogP contribution in [0, 0.1) is 5.41 Å². The Morgan fingerprint density at radius 3 is 2.50 bits per heavy atom. The maximum Gasteiger partial charge on any atom is 0.261 e. The number of hydrazone groups is 1. The molecule has 3 heterocycles. The van der Waals surface area contributed by atoms with Gasteiger partial charge in [-0.2, -0.15) is 10.1 Å². The molecule has 0 N–H and O–H groups in total. The number of para-hydroxylation sites is 1. The van der Waals surface area contributed by atoms with Crippen LogP contribution >= 0.6 is 15.9 Å². The van der Waals surface area contributed by atoms with Gasteiger partial charge < -0.3 is 4.90 Å². The second-order valence-corrected chi connectivity index (χ2v) is 10.4. The van der Waals surface area contributed by atoms with Crippen molar-refractivity contribution in [3.63, 3.8) is 0 Å². The minimum Gasteiger partial charge on any atom is -0.364 e. The molecule has 34 heavy (non-hydrogen) atoms. The van der Waals surface area contributed by atoms with Gasteiger partial charge in [0, 0.05) is 36.3 Å². The molecule has 5 nitrogen and oxygen atoms in total. The van der Waals surface area contributed by atoms with Gasteiger partial charge in [-0.05, 0) is 54.8 Å². The summed E-state index contributed by atoms with van der Waals surface area (Å²) < 4.78 is 1.04. The molecule has 3 aromatic carbocycles. The van der Waals surface area contributed by atoms with Gasteiger partial charge >= 0.3 is 0 Å². The highest BCUT2D eigenvalue weighted by atomic mass is 79.9. The van der Waals surface area contributed by atoms with Crippen LogP contribution in [0.1, 0.15) is 18.1 Å². The number of benzene rings is 3. The van der Waals surface area contributed by atoms with Crippen LogP contribution in [0.4, 0.5) is 11.4 Å². The first kappa shape index (κ1) is 21.6. The minimum absolute atomic E-state index is 0.0311. The average molecular weight is 515 g/mol. The van der Waals surface area contributed by atoms with Crippen molar-refractivity contribution in [3.05, 3.63) is 94.5 Å². The molecule has 172 valence electrons. The molecular weight excluding hydrogens is 488 g/mol. The third-order valence-electron chi connectivity index (χ3n) is 7.57. The van der Waals surface area contributed by atoms with E-state index in [4.69, 9.17) is 5.10 Å². The summed E-state index contributed by atoms with van der Waals surface area (Å²) >= 11 is 3.65. The first-order chi connectivity index (χ1) is 16.6. The Bertz CT molecular complexity index is 1260. The molecule has 1 amide bonds. The standard InChI is InChI=1S/C28H27BrN4O/c1-20-28(27(34)33(30-20)24-10-6-3-7-11-24)17-22-16-23(29)12-13-25(22)32-15-14-31(19-26(28)32)18-21-8-4-2-5-9-21/h2-13,16,26H,14-15,17-19H2,1H3/t26-,28+/m0/s1. The Morgan fingerprint density at radius 1 is 1.00 bits per heavy atom. The lowest BCUT2D eigenvalue weighted by molar-refractivity contribution is -0.125. The van der Waals surface area contributed by atoms with Crippen LogP contribution in [0.3, 0.4) is 0 Å². The third-order valence-corrected chi connectivity index (χ3v) is 8.07. The number of halogens is 1. The van der Waals surface area contributed by atoms with Gasteiger partial charge in [0.05, 0.1) is 17.4 Å². The summed E-state index contributed by atoms with van der Waals surface area (Å²) in [6.45, 7) is 5.61. The number of anilines is 2. The predicted octanol–water partition coefficient (Wildman–Crippen LogP) is 5.11. The quantitative estimate of drug-likeness (QED) is 0.487. The Labute approximate surface area is 208 Å². The normalized spacial score (nSPS) is 24.2. The lowest BCUT2D eigenvalue weighted by atomic mass is 9.67. The van der Waals surface area contributed by atoms with Crippen molar-refractivity contribution in [1.82, 2.24) is 4.90 Å². The van der Waals surface area contributed by atoms with Crippen molar-refractivity contribution >= 4 is 38.9 Å². The fourth-order valence-corrected chi connectivity index (χ4v) is 6.30. The fourth-order valence-electron chi connectivity index (χ4n) is 5.89. The van der Waals surface area contributed by atoms with Gasteiger partial charge in [0.25, 0.3) is 5.91 Å². The zero-order valence-corrected chi connectivity index (χ0v) is 20.8. The van der Waals surface area contributed by atoms with Gasteiger partial charge in [0.15, 0.2) is 0 Å². The second kappa shape index (κ2) is 8.36. The van der Waals surface area contributed by atoms with Gasteiger partial charge in [-0.25, -0.2) is 0 Å². The first-order valence-electron chi connectivity index (χ1n) is 11.8. The summed E-state index contributed by atoms with van der Waals surface area (Å²) in [6, 6.07) is 26.9. The predicted molar refractivity (Wildman–Crippen MR) is 140 cm³/mol. The van der Waals surface area contributed by atoms with Gasteiger partial charge in [-0.15, -0.1) is 0 Å². The summed E-state index contributed by atoms with van der Waals surface area (Å²) in [5.41, 5.74) is 4.81. The Hall–Kier alpha value is -2.96. The molecule has 1 spiro atoms. The second-order valence-electron chi connectivity index (χ2n) is 9.49. The summed E-state index contributed by atoms with van der Waals surface area (Å²) in [7, 11) is 0. The summed E-state index contributed by atoms with van der Waals surface area (Å²) in [5.74, 6) is 0.0818. The van der Waals surface area contributed by atoms with Crippen LogP contribution < -0.4 is 9.91 Å². The summed E-state index contributed by atoms with van der Waals surface area (Å²) in [6.07, 6.45) is 0.666. The van der Waals surface area contributed by atoms with Gasteiger partial charge in [0.2, 0.25) is 0 Å². The molecule has 1 fully saturated rings. The van der Waals surface area contributed by atoms with Crippen molar-refractivity contribution in [2.45, 2.75) is 25.9 Å². The van der Waals surface area contributed by atoms with Crippen molar-refractivity contribution in [2.24, 2.45) is 10.5 Å². The van der Waals surface area contributed by atoms with E-state index in [9.17, 15) is 4.79 Å². The lowest BCUT2D eigenvalue weighted by Crippen LogP contribution is -2.66. The molecule has 3 aliphatic heterocycles. The van der Waals surface area contributed by atoms with Crippen molar-refractivity contribution in [1.29, 1.82) is 0 Å². The van der Waals surface area contributed by atoms with E-state index in [-0.39, 0.29) is 11.9 Å². The van der Waals surface area contributed by atoms with Crippen LogP contribution in [0.25, 0.3) is 0 Å². The summed E-state index contributed by atoms with van der Waals surface area (Å²) in [5, 5.41) is 6.49. The molecule has 0 unspecified atom stereocenters. The number of carbonyl (C=O) groups excluding carboxylic acids is 1.